The van der Waals surface area contributed by atoms with Gasteiger partial charge in [0.25, 0.3) is 0 Å². The van der Waals surface area contributed by atoms with Crippen LogP contribution >= 0.6 is 11.8 Å². The third kappa shape index (κ3) is 5.00. The summed E-state index contributed by atoms with van der Waals surface area (Å²) in [4.78, 5) is 22.2. The topological polar surface area (TPSA) is 78.4 Å². The van der Waals surface area contributed by atoms with Crippen molar-refractivity contribution in [3.05, 3.63) is 0 Å². The van der Waals surface area contributed by atoms with E-state index in [0.717, 1.165) is 12.2 Å². The molecule has 1 saturated heterocycles. The Labute approximate surface area is 105 Å². The molecular weight excluding hydrogens is 240 g/mol. The summed E-state index contributed by atoms with van der Waals surface area (Å²) in [5.74, 6) is 2.23. The largest absolute Gasteiger partial charge is 0.480 e. The van der Waals surface area contributed by atoms with Gasteiger partial charge in [-0.05, 0) is 18.6 Å². The van der Waals surface area contributed by atoms with Gasteiger partial charge in [-0.1, -0.05) is 0 Å². The number of nitrogens with one attached hydrogen (secondary N) is 2. The SMILES string of the molecule is C#CCC(NC(=O)NCC1CCCS1)C(=O)O. The van der Waals surface area contributed by atoms with Gasteiger partial charge in [-0.25, -0.2) is 9.59 Å². The molecule has 0 bridgehead atoms. The molecule has 0 aliphatic carbocycles. The van der Waals surface area contributed by atoms with Crippen LogP contribution in [0.2, 0.25) is 0 Å². The predicted octanol–water partition coefficient (Wildman–Crippen LogP) is 0.658. The third-order valence-corrected chi connectivity index (χ3v) is 3.84. The summed E-state index contributed by atoms with van der Waals surface area (Å²) in [7, 11) is 0. The first kappa shape index (κ1) is 13.7. The van der Waals surface area contributed by atoms with E-state index in [-0.39, 0.29) is 6.42 Å². The summed E-state index contributed by atoms with van der Waals surface area (Å²) in [6.45, 7) is 0.568. The third-order valence-electron chi connectivity index (χ3n) is 2.44. The van der Waals surface area contributed by atoms with Crippen LogP contribution < -0.4 is 10.6 Å². The molecule has 17 heavy (non-hydrogen) atoms. The lowest BCUT2D eigenvalue weighted by atomic mass is 10.2. The van der Waals surface area contributed by atoms with Gasteiger partial charge in [0.15, 0.2) is 0 Å². The van der Waals surface area contributed by atoms with Crippen molar-refractivity contribution in [2.24, 2.45) is 0 Å². The van der Waals surface area contributed by atoms with Crippen LogP contribution in [-0.4, -0.2) is 40.7 Å². The fourth-order valence-electron chi connectivity index (χ4n) is 1.54. The van der Waals surface area contributed by atoms with Crippen molar-refractivity contribution in [2.75, 3.05) is 12.3 Å². The Kier molecular flexibility index (Phi) is 5.70. The molecule has 2 unspecified atom stereocenters. The molecule has 1 heterocycles. The lowest BCUT2D eigenvalue weighted by molar-refractivity contribution is -0.139. The van der Waals surface area contributed by atoms with Gasteiger partial charge in [-0.3, -0.25) is 0 Å². The summed E-state index contributed by atoms with van der Waals surface area (Å²) >= 11 is 1.83. The van der Waals surface area contributed by atoms with Gasteiger partial charge in [0, 0.05) is 18.2 Å². The molecule has 1 fully saturated rings. The number of hydrogen-bond acceptors (Lipinski definition) is 3. The predicted molar refractivity (Wildman–Crippen MR) is 66.9 cm³/mol. The maximum atomic E-state index is 11.4. The van der Waals surface area contributed by atoms with E-state index in [1.165, 1.54) is 6.42 Å². The van der Waals surface area contributed by atoms with E-state index in [1.54, 1.807) is 0 Å². The Morgan fingerprint density at radius 2 is 2.35 bits per heavy atom. The fraction of sp³-hybridized carbons (Fsp3) is 0.636. The average Bonchev–Trinajstić information content (AvgIpc) is 2.78. The molecular formula is C11H16N2O3S. The molecule has 1 aliphatic heterocycles. The van der Waals surface area contributed by atoms with Gasteiger partial charge in [0.1, 0.15) is 6.04 Å². The number of urea groups is 1. The zero-order chi connectivity index (χ0) is 12.7. The highest BCUT2D eigenvalue weighted by atomic mass is 32.2. The summed E-state index contributed by atoms with van der Waals surface area (Å²) in [6, 6.07) is -1.49. The van der Waals surface area contributed by atoms with Crippen molar-refractivity contribution in [2.45, 2.75) is 30.6 Å². The van der Waals surface area contributed by atoms with Crippen LogP contribution in [0.1, 0.15) is 19.3 Å². The second kappa shape index (κ2) is 7.07. The molecule has 94 valence electrons. The number of amides is 2. The number of thioether (sulfide) groups is 1. The number of carbonyl (C=O) groups is 2. The monoisotopic (exact) mass is 256 g/mol. The molecule has 6 heteroatoms. The minimum atomic E-state index is -1.12. The van der Waals surface area contributed by atoms with E-state index >= 15 is 0 Å². The summed E-state index contributed by atoms with van der Waals surface area (Å²) in [5.41, 5.74) is 0. The molecule has 0 aromatic rings. The van der Waals surface area contributed by atoms with Crippen molar-refractivity contribution < 1.29 is 14.7 Å². The summed E-state index contributed by atoms with van der Waals surface area (Å²) in [6.07, 6.45) is 7.28. The summed E-state index contributed by atoms with van der Waals surface area (Å²) in [5, 5.41) is 14.2. The quantitative estimate of drug-likeness (QED) is 0.631. The van der Waals surface area contributed by atoms with Crippen molar-refractivity contribution in [1.82, 2.24) is 10.6 Å². The van der Waals surface area contributed by atoms with Crippen molar-refractivity contribution >= 4 is 23.8 Å². The second-order valence-corrected chi connectivity index (χ2v) is 5.20. The van der Waals surface area contributed by atoms with Crippen LogP contribution in [0, 0.1) is 12.3 Å². The molecule has 3 N–H and O–H groups in total. The molecule has 1 rings (SSSR count). The maximum absolute atomic E-state index is 11.4. The van der Waals surface area contributed by atoms with Crippen molar-refractivity contribution in [3.63, 3.8) is 0 Å². The van der Waals surface area contributed by atoms with E-state index in [9.17, 15) is 9.59 Å². The Balaban J connectivity index is 2.26. The first-order valence-electron chi connectivity index (χ1n) is 5.45. The molecule has 0 saturated carbocycles. The van der Waals surface area contributed by atoms with E-state index in [0.29, 0.717) is 11.8 Å². The molecule has 0 aromatic carbocycles. The Hall–Kier alpha value is -1.35. The fourth-order valence-corrected chi connectivity index (χ4v) is 2.74. The molecule has 2 atom stereocenters. The van der Waals surface area contributed by atoms with Crippen LogP contribution in [-0.2, 0) is 4.79 Å². The first-order chi connectivity index (χ1) is 8.13. The lowest BCUT2D eigenvalue weighted by Crippen LogP contribution is -2.47. The van der Waals surface area contributed by atoms with E-state index in [1.807, 2.05) is 11.8 Å². The standard InChI is InChI=1S/C11H16N2O3S/c1-2-4-9(10(14)15)13-11(16)12-7-8-5-3-6-17-8/h1,8-9H,3-7H2,(H,14,15)(H2,12,13,16). The van der Waals surface area contributed by atoms with E-state index in [2.05, 4.69) is 16.6 Å². The van der Waals surface area contributed by atoms with Crippen molar-refractivity contribution in [3.8, 4) is 12.3 Å². The highest BCUT2D eigenvalue weighted by Gasteiger charge is 2.20. The van der Waals surface area contributed by atoms with Gasteiger partial charge in [-0.2, -0.15) is 11.8 Å². The van der Waals surface area contributed by atoms with Gasteiger partial charge in [0.2, 0.25) is 0 Å². The number of carboxylic acid groups (broad SMARTS) is 1. The van der Waals surface area contributed by atoms with Gasteiger partial charge in [0.05, 0.1) is 0 Å². The molecule has 0 aromatic heterocycles. The van der Waals surface area contributed by atoms with Crippen LogP contribution in [0.25, 0.3) is 0 Å². The van der Waals surface area contributed by atoms with Crippen LogP contribution in [0.3, 0.4) is 0 Å². The highest BCUT2D eigenvalue weighted by Crippen LogP contribution is 2.25. The minimum Gasteiger partial charge on any atom is -0.480 e. The Morgan fingerprint density at radius 3 is 2.88 bits per heavy atom. The molecule has 1 aliphatic rings. The van der Waals surface area contributed by atoms with Crippen LogP contribution in [0.5, 0.6) is 0 Å². The number of aliphatic carboxylic acids is 1. The number of hydrogen-bond donors (Lipinski definition) is 3. The highest BCUT2D eigenvalue weighted by molar-refractivity contribution is 8.00. The average molecular weight is 256 g/mol. The number of carboxylic acids is 1. The van der Waals surface area contributed by atoms with Gasteiger partial charge < -0.3 is 15.7 Å². The Bertz CT molecular complexity index is 321. The van der Waals surface area contributed by atoms with Gasteiger partial charge in [-0.15, -0.1) is 12.3 Å². The van der Waals surface area contributed by atoms with Crippen LogP contribution in [0.4, 0.5) is 4.79 Å². The van der Waals surface area contributed by atoms with Crippen molar-refractivity contribution in [1.29, 1.82) is 0 Å². The molecule has 5 nitrogen and oxygen atoms in total. The molecule has 0 spiro atoms. The maximum Gasteiger partial charge on any atom is 0.327 e. The Morgan fingerprint density at radius 1 is 1.59 bits per heavy atom. The minimum absolute atomic E-state index is 0.0130. The smallest absolute Gasteiger partial charge is 0.327 e. The van der Waals surface area contributed by atoms with E-state index in [4.69, 9.17) is 11.5 Å². The zero-order valence-electron chi connectivity index (χ0n) is 9.44. The summed E-state index contributed by atoms with van der Waals surface area (Å²) < 4.78 is 0. The zero-order valence-corrected chi connectivity index (χ0v) is 10.3. The normalized spacial score (nSPS) is 20.3. The van der Waals surface area contributed by atoms with E-state index < -0.39 is 18.0 Å². The second-order valence-electron chi connectivity index (χ2n) is 3.79. The number of carbonyl (C=O) groups excluding carboxylic acids is 1. The molecule has 2 amide bonds. The molecule has 0 radical (unpaired) electrons. The number of terminal acetylenes is 1. The lowest BCUT2D eigenvalue weighted by Gasteiger charge is -2.14. The first-order valence-corrected chi connectivity index (χ1v) is 6.50. The van der Waals surface area contributed by atoms with Gasteiger partial charge >= 0.3 is 12.0 Å². The number of rotatable bonds is 5. The van der Waals surface area contributed by atoms with Crippen LogP contribution in [0.15, 0.2) is 0 Å².